The SMILES string of the molecule is CC(O)CC1CCCC(C(F)(F)F)C1. The van der Waals surface area contributed by atoms with Crippen LogP contribution in [0, 0.1) is 11.8 Å². The second-order valence-electron chi connectivity index (χ2n) is 4.36. The molecule has 0 saturated heterocycles. The molecular weight excluding hydrogens is 193 g/mol. The largest absolute Gasteiger partial charge is 0.393 e. The molecule has 4 heteroatoms. The van der Waals surface area contributed by atoms with Gasteiger partial charge in [-0.2, -0.15) is 13.2 Å². The minimum Gasteiger partial charge on any atom is -0.393 e. The summed E-state index contributed by atoms with van der Waals surface area (Å²) in [4.78, 5) is 0. The van der Waals surface area contributed by atoms with Crippen molar-refractivity contribution in [1.29, 1.82) is 0 Å². The van der Waals surface area contributed by atoms with Crippen LogP contribution in [0.4, 0.5) is 13.2 Å². The second-order valence-corrected chi connectivity index (χ2v) is 4.36. The lowest BCUT2D eigenvalue weighted by molar-refractivity contribution is -0.186. The van der Waals surface area contributed by atoms with E-state index in [1.165, 1.54) is 0 Å². The van der Waals surface area contributed by atoms with Gasteiger partial charge in [0.15, 0.2) is 0 Å². The first-order valence-electron chi connectivity index (χ1n) is 5.14. The summed E-state index contributed by atoms with van der Waals surface area (Å²) < 4.78 is 37.2. The monoisotopic (exact) mass is 210 g/mol. The Kier molecular flexibility index (Phi) is 3.81. The van der Waals surface area contributed by atoms with E-state index in [0.717, 1.165) is 6.42 Å². The van der Waals surface area contributed by atoms with E-state index in [1.54, 1.807) is 6.92 Å². The van der Waals surface area contributed by atoms with Crippen LogP contribution in [0.15, 0.2) is 0 Å². The van der Waals surface area contributed by atoms with Gasteiger partial charge in [-0.1, -0.05) is 12.8 Å². The normalized spacial score (nSPS) is 31.5. The molecule has 3 atom stereocenters. The van der Waals surface area contributed by atoms with E-state index in [0.29, 0.717) is 12.8 Å². The average Bonchev–Trinajstić information content (AvgIpc) is 2.01. The van der Waals surface area contributed by atoms with Crippen molar-refractivity contribution < 1.29 is 18.3 Å². The molecule has 1 rings (SSSR count). The third-order valence-electron chi connectivity index (χ3n) is 2.92. The quantitative estimate of drug-likeness (QED) is 0.742. The van der Waals surface area contributed by atoms with Crippen molar-refractivity contribution in [1.82, 2.24) is 0 Å². The van der Waals surface area contributed by atoms with E-state index in [4.69, 9.17) is 5.11 Å². The lowest BCUT2D eigenvalue weighted by Gasteiger charge is -2.31. The molecule has 0 amide bonds. The van der Waals surface area contributed by atoms with Gasteiger partial charge in [-0.05, 0) is 32.1 Å². The molecule has 0 aromatic rings. The Balaban J connectivity index is 2.44. The van der Waals surface area contributed by atoms with E-state index >= 15 is 0 Å². The summed E-state index contributed by atoms with van der Waals surface area (Å²) in [5.74, 6) is -1.09. The van der Waals surface area contributed by atoms with Gasteiger partial charge in [0, 0.05) is 0 Å². The van der Waals surface area contributed by atoms with Crippen LogP contribution < -0.4 is 0 Å². The average molecular weight is 210 g/mol. The minimum absolute atomic E-state index is 0.0513. The highest BCUT2D eigenvalue weighted by Gasteiger charge is 2.42. The summed E-state index contributed by atoms with van der Waals surface area (Å²) in [6, 6.07) is 0. The predicted octanol–water partition coefficient (Wildman–Crippen LogP) is 3.13. The van der Waals surface area contributed by atoms with Gasteiger partial charge in [0.05, 0.1) is 12.0 Å². The van der Waals surface area contributed by atoms with Crippen molar-refractivity contribution >= 4 is 0 Å². The molecule has 0 aliphatic heterocycles. The number of aliphatic hydroxyl groups is 1. The molecule has 1 saturated carbocycles. The summed E-state index contributed by atoms with van der Waals surface area (Å²) in [5.41, 5.74) is 0. The molecule has 0 heterocycles. The minimum atomic E-state index is -4.04. The number of alkyl halides is 3. The lowest BCUT2D eigenvalue weighted by atomic mass is 9.79. The first-order valence-corrected chi connectivity index (χ1v) is 5.14. The smallest absolute Gasteiger partial charge is 0.391 e. The van der Waals surface area contributed by atoms with Gasteiger partial charge >= 0.3 is 6.18 Å². The van der Waals surface area contributed by atoms with Crippen LogP contribution in [0.25, 0.3) is 0 Å². The zero-order chi connectivity index (χ0) is 10.8. The molecule has 1 aliphatic carbocycles. The lowest BCUT2D eigenvalue weighted by Crippen LogP contribution is -2.29. The zero-order valence-corrected chi connectivity index (χ0v) is 8.35. The molecule has 1 N–H and O–H groups in total. The van der Waals surface area contributed by atoms with Crippen molar-refractivity contribution in [2.75, 3.05) is 0 Å². The van der Waals surface area contributed by atoms with Gasteiger partial charge in [-0.15, -0.1) is 0 Å². The Hall–Kier alpha value is -0.250. The van der Waals surface area contributed by atoms with Crippen LogP contribution >= 0.6 is 0 Å². The number of rotatable bonds is 2. The molecule has 1 nitrogen and oxygen atoms in total. The summed E-state index contributed by atoms with van der Waals surface area (Å²) in [5, 5.41) is 9.11. The maximum absolute atomic E-state index is 12.4. The fourth-order valence-corrected chi connectivity index (χ4v) is 2.28. The fraction of sp³-hybridized carbons (Fsp3) is 1.00. The third kappa shape index (κ3) is 3.48. The molecular formula is C10H17F3O. The molecule has 0 radical (unpaired) electrons. The molecule has 84 valence electrons. The Bertz CT molecular complexity index is 177. The first-order chi connectivity index (χ1) is 6.39. The van der Waals surface area contributed by atoms with Gasteiger partial charge in [0.1, 0.15) is 0 Å². The van der Waals surface area contributed by atoms with Gasteiger partial charge in [-0.3, -0.25) is 0 Å². The van der Waals surface area contributed by atoms with Crippen LogP contribution in [-0.4, -0.2) is 17.4 Å². The van der Waals surface area contributed by atoms with Gasteiger partial charge in [0.2, 0.25) is 0 Å². The van der Waals surface area contributed by atoms with E-state index in [9.17, 15) is 13.2 Å². The van der Waals surface area contributed by atoms with Crippen molar-refractivity contribution in [3.63, 3.8) is 0 Å². The first kappa shape index (κ1) is 11.8. The van der Waals surface area contributed by atoms with Crippen LogP contribution in [0.2, 0.25) is 0 Å². The van der Waals surface area contributed by atoms with Gasteiger partial charge in [0.25, 0.3) is 0 Å². The number of aliphatic hydroxyl groups excluding tert-OH is 1. The molecule has 0 spiro atoms. The van der Waals surface area contributed by atoms with E-state index < -0.39 is 18.2 Å². The maximum atomic E-state index is 12.4. The Labute approximate surface area is 82.3 Å². The topological polar surface area (TPSA) is 20.2 Å². The highest BCUT2D eigenvalue weighted by molar-refractivity contribution is 4.78. The maximum Gasteiger partial charge on any atom is 0.391 e. The van der Waals surface area contributed by atoms with Gasteiger partial charge < -0.3 is 5.11 Å². The molecule has 14 heavy (non-hydrogen) atoms. The second kappa shape index (κ2) is 4.51. The Morgan fingerprint density at radius 2 is 2.00 bits per heavy atom. The van der Waals surface area contributed by atoms with Crippen LogP contribution in [-0.2, 0) is 0 Å². The molecule has 0 bridgehead atoms. The summed E-state index contributed by atoms with van der Waals surface area (Å²) >= 11 is 0. The molecule has 0 aromatic carbocycles. The van der Waals surface area contributed by atoms with E-state index in [2.05, 4.69) is 0 Å². The zero-order valence-electron chi connectivity index (χ0n) is 8.35. The van der Waals surface area contributed by atoms with Crippen LogP contribution in [0.3, 0.4) is 0 Å². The summed E-state index contributed by atoms with van der Waals surface area (Å²) in [6.45, 7) is 1.64. The highest BCUT2D eigenvalue weighted by Crippen LogP contribution is 2.41. The molecule has 1 fully saturated rings. The highest BCUT2D eigenvalue weighted by atomic mass is 19.4. The molecule has 3 unspecified atom stereocenters. The van der Waals surface area contributed by atoms with Gasteiger partial charge in [-0.25, -0.2) is 0 Å². The summed E-state index contributed by atoms with van der Waals surface area (Å²) in [6.07, 6.45) is -2.08. The van der Waals surface area contributed by atoms with E-state index in [-0.39, 0.29) is 18.8 Å². The molecule has 1 aliphatic rings. The Morgan fingerprint density at radius 1 is 1.36 bits per heavy atom. The van der Waals surface area contributed by atoms with Crippen LogP contribution in [0.1, 0.15) is 39.0 Å². The number of hydrogen-bond acceptors (Lipinski definition) is 1. The van der Waals surface area contributed by atoms with Crippen molar-refractivity contribution in [2.45, 2.75) is 51.3 Å². The fourth-order valence-electron chi connectivity index (χ4n) is 2.28. The Morgan fingerprint density at radius 3 is 2.50 bits per heavy atom. The molecule has 0 aromatic heterocycles. The van der Waals surface area contributed by atoms with E-state index in [1.807, 2.05) is 0 Å². The number of hydrogen-bond donors (Lipinski definition) is 1. The standard InChI is InChI=1S/C10H17F3O/c1-7(14)5-8-3-2-4-9(6-8)10(11,12)13/h7-9,14H,2-6H2,1H3. The van der Waals surface area contributed by atoms with Crippen molar-refractivity contribution in [3.8, 4) is 0 Å². The van der Waals surface area contributed by atoms with Crippen molar-refractivity contribution in [3.05, 3.63) is 0 Å². The predicted molar refractivity (Wildman–Crippen MR) is 47.8 cm³/mol. The number of halogens is 3. The summed E-state index contributed by atoms with van der Waals surface area (Å²) in [7, 11) is 0. The van der Waals surface area contributed by atoms with Crippen molar-refractivity contribution in [2.24, 2.45) is 11.8 Å². The van der Waals surface area contributed by atoms with Crippen LogP contribution in [0.5, 0.6) is 0 Å². The third-order valence-corrected chi connectivity index (χ3v) is 2.92.